The summed E-state index contributed by atoms with van der Waals surface area (Å²) in [6.45, 7) is 9.22. The van der Waals surface area contributed by atoms with Crippen molar-refractivity contribution in [3.05, 3.63) is 90.2 Å². The number of nitrogens with zero attached hydrogens (tertiary/aromatic N) is 2. The molecule has 4 nitrogen and oxygen atoms in total. The second-order valence-corrected chi connectivity index (χ2v) is 9.80. The third-order valence-corrected chi connectivity index (χ3v) is 7.22. The minimum absolute atomic E-state index is 0.130. The molecule has 0 spiro atoms. The number of carbonyl (C=O) groups is 1. The van der Waals surface area contributed by atoms with Crippen LogP contribution in [0.5, 0.6) is 0 Å². The summed E-state index contributed by atoms with van der Waals surface area (Å²) in [4.78, 5) is 17.8. The molecule has 0 aromatic heterocycles. The lowest BCUT2D eigenvalue weighted by atomic mass is 9.78. The van der Waals surface area contributed by atoms with Crippen LogP contribution in [0.2, 0.25) is 0 Å². The minimum Gasteiger partial charge on any atom is -0.465 e. The molecule has 3 aromatic carbocycles. The van der Waals surface area contributed by atoms with E-state index in [1.54, 1.807) is 6.07 Å². The average Bonchev–Trinajstić information content (AvgIpc) is 2.93. The van der Waals surface area contributed by atoms with Crippen molar-refractivity contribution in [1.82, 2.24) is 4.90 Å². The molecule has 4 rings (SSSR count). The maximum absolute atomic E-state index is 14.3. The molecular formula is C31H37FN2O2. The predicted molar refractivity (Wildman–Crippen MR) is 145 cm³/mol. The molecule has 0 N–H and O–H groups in total. The molecule has 1 heterocycles. The van der Waals surface area contributed by atoms with Gasteiger partial charge in [0.1, 0.15) is 5.82 Å². The van der Waals surface area contributed by atoms with E-state index in [9.17, 15) is 9.18 Å². The Balaban J connectivity index is 1.33. The molecule has 0 bridgehead atoms. The standard InChI is InChI=1S/C31H37FN2O2/c1-3-23-36-30(35)31(2,26-12-5-4-6-13-26)17-10-18-33-19-21-34(22-20-33)27-14-9-11-25(24-27)28-15-7-8-16-29(28)32/h4-9,11-16,24H,3,10,17-23H2,1-2H3. The van der Waals surface area contributed by atoms with Crippen molar-refractivity contribution in [2.45, 2.75) is 38.5 Å². The van der Waals surface area contributed by atoms with Crippen LogP contribution in [0.1, 0.15) is 38.7 Å². The molecule has 1 fully saturated rings. The van der Waals surface area contributed by atoms with Crippen LogP contribution in [0.3, 0.4) is 0 Å². The smallest absolute Gasteiger partial charge is 0.316 e. The Morgan fingerprint density at radius 1 is 0.944 bits per heavy atom. The Morgan fingerprint density at radius 2 is 1.67 bits per heavy atom. The van der Waals surface area contributed by atoms with Crippen LogP contribution in [0.25, 0.3) is 11.1 Å². The molecule has 3 aromatic rings. The third kappa shape index (κ3) is 6.14. The summed E-state index contributed by atoms with van der Waals surface area (Å²) in [6.07, 6.45) is 2.50. The molecule has 0 radical (unpaired) electrons. The van der Waals surface area contributed by atoms with Gasteiger partial charge in [-0.2, -0.15) is 0 Å². The SMILES string of the molecule is CCCOC(=O)C(C)(CCCN1CCN(c2cccc(-c3ccccc3F)c2)CC1)c1ccccc1. The van der Waals surface area contributed by atoms with Gasteiger partial charge in [0.25, 0.3) is 0 Å². The molecule has 190 valence electrons. The number of halogens is 1. The lowest BCUT2D eigenvalue weighted by molar-refractivity contribution is -0.150. The van der Waals surface area contributed by atoms with E-state index in [1.165, 1.54) is 6.07 Å². The maximum atomic E-state index is 14.3. The molecule has 36 heavy (non-hydrogen) atoms. The van der Waals surface area contributed by atoms with Gasteiger partial charge >= 0.3 is 5.97 Å². The van der Waals surface area contributed by atoms with E-state index in [0.717, 1.165) is 68.8 Å². The van der Waals surface area contributed by atoms with Gasteiger partial charge in [0, 0.05) is 37.4 Å². The summed E-state index contributed by atoms with van der Waals surface area (Å²) in [5, 5.41) is 0. The second kappa shape index (κ2) is 12.2. The van der Waals surface area contributed by atoms with Gasteiger partial charge in [-0.3, -0.25) is 9.69 Å². The lowest BCUT2D eigenvalue weighted by Crippen LogP contribution is -2.47. The van der Waals surface area contributed by atoms with Gasteiger partial charge in [0.05, 0.1) is 12.0 Å². The summed E-state index contributed by atoms with van der Waals surface area (Å²) in [5.74, 6) is -0.323. The Hall–Kier alpha value is -3.18. The first-order chi connectivity index (χ1) is 17.5. The van der Waals surface area contributed by atoms with Crippen LogP contribution in [0, 0.1) is 5.82 Å². The lowest BCUT2D eigenvalue weighted by Gasteiger charge is -2.37. The first-order valence-corrected chi connectivity index (χ1v) is 13.1. The number of esters is 1. The van der Waals surface area contributed by atoms with Crippen molar-refractivity contribution < 1.29 is 13.9 Å². The van der Waals surface area contributed by atoms with E-state index in [1.807, 2.05) is 68.4 Å². The van der Waals surface area contributed by atoms with E-state index < -0.39 is 5.41 Å². The quantitative estimate of drug-likeness (QED) is 0.313. The topological polar surface area (TPSA) is 32.8 Å². The van der Waals surface area contributed by atoms with Gasteiger partial charge < -0.3 is 9.64 Å². The van der Waals surface area contributed by atoms with Crippen LogP contribution in [0.15, 0.2) is 78.9 Å². The van der Waals surface area contributed by atoms with Gasteiger partial charge in [-0.25, -0.2) is 4.39 Å². The molecule has 5 heteroatoms. The number of piperazine rings is 1. The van der Waals surface area contributed by atoms with Crippen LogP contribution in [-0.2, 0) is 14.9 Å². The molecule has 1 unspecified atom stereocenters. The van der Waals surface area contributed by atoms with Gasteiger partial charge in [-0.15, -0.1) is 0 Å². The van der Waals surface area contributed by atoms with Gasteiger partial charge in [0.2, 0.25) is 0 Å². The highest BCUT2D eigenvalue weighted by atomic mass is 19.1. The third-order valence-electron chi connectivity index (χ3n) is 7.22. The Kier molecular flexibility index (Phi) is 8.76. The van der Waals surface area contributed by atoms with Crippen molar-refractivity contribution in [2.75, 3.05) is 44.2 Å². The Labute approximate surface area is 214 Å². The van der Waals surface area contributed by atoms with Crippen molar-refractivity contribution in [1.29, 1.82) is 0 Å². The largest absolute Gasteiger partial charge is 0.465 e. The zero-order valence-electron chi connectivity index (χ0n) is 21.5. The number of ether oxygens (including phenoxy) is 1. The second-order valence-electron chi connectivity index (χ2n) is 9.80. The predicted octanol–water partition coefficient (Wildman–Crippen LogP) is 6.31. The normalized spacial score (nSPS) is 15.9. The first kappa shape index (κ1) is 25.9. The van der Waals surface area contributed by atoms with Crippen LogP contribution in [0.4, 0.5) is 10.1 Å². The van der Waals surface area contributed by atoms with Crippen LogP contribution < -0.4 is 4.90 Å². The molecule has 0 aliphatic carbocycles. The average molecular weight is 489 g/mol. The summed E-state index contributed by atoms with van der Waals surface area (Å²) in [6, 6.07) is 25.1. The Morgan fingerprint density at radius 3 is 2.39 bits per heavy atom. The highest BCUT2D eigenvalue weighted by Crippen LogP contribution is 2.31. The molecule has 0 amide bonds. The van der Waals surface area contributed by atoms with E-state index in [-0.39, 0.29) is 11.8 Å². The minimum atomic E-state index is -0.634. The van der Waals surface area contributed by atoms with Crippen molar-refractivity contribution >= 4 is 11.7 Å². The highest BCUT2D eigenvalue weighted by Gasteiger charge is 2.36. The molecule has 1 atom stereocenters. The zero-order chi connectivity index (χ0) is 25.4. The number of anilines is 1. The molecule has 1 aliphatic heterocycles. The number of hydrogen-bond acceptors (Lipinski definition) is 4. The van der Waals surface area contributed by atoms with Gasteiger partial charge in [0.15, 0.2) is 0 Å². The zero-order valence-corrected chi connectivity index (χ0v) is 21.5. The summed E-state index contributed by atoms with van der Waals surface area (Å²) >= 11 is 0. The van der Waals surface area contributed by atoms with Crippen molar-refractivity contribution in [3.8, 4) is 11.1 Å². The van der Waals surface area contributed by atoms with Gasteiger partial charge in [-0.1, -0.05) is 67.6 Å². The summed E-state index contributed by atoms with van der Waals surface area (Å²) < 4.78 is 19.9. The number of rotatable bonds is 10. The van der Waals surface area contributed by atoms with Crippen molar-refractivity contribution in [2.24, 2.45) is 0 Å². The molecule has 1 saturated heterocycles. The van der Waals surface area contributed by atoms with Crippen LogP contribution in [-0.4, -0.2) is 50.2 Å². The molecule has 0 saturated carbocycles. The first-order valence-electron chi connectivity index (χ1n) is 13.1. The number of carbonyl (C=O) groups excluding carboxylic acids is 1. The van der Waals surface area contributed by atoms with Crippen LogP contribution >= 0.6 is 0 Å². The van der Waals surface area contributed by atoms with Gasteiger partial charge in [-0.05, 0) is 62.1 Å². The van der Waals surface area contributed by atoms with E-state index in [2.05, 4.69) is 21.9 Å². The molecular weight excluding hydrogens is 451 g/mol. The monoisotopic (exact) mass is 488 g/mol. The fraction of sp³-hybridized carbons (Fsp3) is 0.387. The van der Waals surface area contributed by atoms with E-state index in [0.29, 0.717) is 12.2 Å². The molecule has 1 aliphatic rings. The summed E-state index contributed by atoms with van der Waals surface area (Å²) in [5.41, 5.74) is 3.06. The Bertz CT molecular complexity index is 1130. The summed E-state index contributed by atoms with van der Waals surface area (Å²) in [7, 11) is 0. The van der Waals surface area contributed by atoms with Crippen molar-refractivity contribution in [3.63, 3.8) is 0 Å². The highest BCUT2D eigenvalue weighted by molar-refractivity contribution is 5.82. The van der Waals surface area contributed by atoms with E-state index in [4.69, 9.17) is 4.74 Å². The number of benzene rings is 3. The fourth-order valence-corrected chi connectivity index (χ4v) is 4.98. The fourth-order valence-electron chi connectivity index (χ4n) is 4.98. The number of hydrogen-bond donors (Lipinski definition) is 0. The van der Waals surface area contributed by atoms with E-state index >= 15 is 0 Å². The maximum Gasteiger partial charge on any atom is 0.316 e.